The average Bonchev–Trinajstić information content (AvgIpc) is 2.37. The van der Waals surface area contributed by atoms with Crippen molar-refractivity contribution in [2.45, 2.75) is 13.3 Å². The van der Waals surface area contributed by atoms with Gasteiger partial charge in [-0.05, 0) is 31.2 Å². The summed E-state index contributed by atoms with van der Waals surface area (Å²) in [5, 5.41) is 5.84. The van der Waals surface area contributed by atoms with Gasteiger partial charge in [0.15, 0.2) is 18.2 Å². The number of hydrogen-bond acceptors (Lipinski definition) is 3. The minimum atomic E-state index is -0.494. The van der Waals surface area contributed by atoms with Crippen LogP contribution in [0.25, 0.3) is 0 Å². The molecule has 0 unspecified atom stereocenters. The molecule has 1 rings (SSSR count). The van der Waals surface area contributed by atoms with E-state index in [0.29, 0.717) is 17.6 Å². The number of benzene rings is 1. The first-order valence-electron chi connectivity index (χ1n) is 6.18. The Morgan fingerprint density at radius 1 is 1.37 bits per heavy atom. The fraction of sp³-hybridized carbons (Fsp3) is 0.462. The molecule has 0 saturated carbocycles. The molecule has 0 heterocycles. The van der Waals surface area contributed by atoms with Gasteiger partial charge in [-0.25, -0.2) is 4.39 Å². The summed E-state index contributed by atoms with van der Waals surface area (Å²) in [6, 6.07) is 4.43. The lowest BCUT2D eigenvalue weighted by atomic mass is 10.3. The third kappa shape index (κ3) is 6.54. The van der Waals surface area contributed by atoms with Crippen molar-refractivity contribution in [1.29, 1.82) is 0 Å². The van der Waals surface area contributed by atoms with Gasteiger partial charge in [-0.2, -0.15) is 0 Å². The maximum atomic E-state index is 13.4. The highest BCUT2D eigenvalue weighted by atomic mass is 79.9. The van der Waals surface area contributed by atoms with Crippen molar-refractivity contribution in [3.63, 3.8) is 0 Å². The molecule has 19 heavy (non-hydrogen) atoms. The molecule has 1 aromatic rings. The van der Waals surface area contributed by atoms with E-state index in [-0.39, 0.29) is 18.3 Å². The maximum Gasteiger partial charge on any atom is 0.257 e. The largest absolute Gasteiger partial charge is 0.481 e. The van der Waals surface area contributed by atoms with Gasteiger partial charge in [0.2, 0.25) is 0 Å². The van der Waals surface area contributed by atoms with Crippen molar-refractivity contribution >= 4 is 21.8 Å². The molecule has 0 spiro atoms. The molecule has 0 atom stereocenters. The Morgan fingerprint density at radius 3 is 2.84 bits per heavy atom. The minimum absolute atomic E-state index is 0.0717. The van der Waals surface area contributed by atoms with E-state index in [4.69, 9.17) is 4.74 Å². The highest BCUT2D eigenvalue weighted by molar-refractivity contribution is 9.10. The van der Waals surface area contributed by atoms with Crippen LogP contribution in [0.4, 0.5) is 4.39 Å². The lowest BCUT2D eigenvalue weighted by Crippen LogP contribution is -2.35. The topological polar surface area (TPSA) is 50.4 Å². The summed E-state index contributed by atoms with van der Waals surface area (Å²) in [6.45, 7) is 4.06. The minimum Gasteiger partial charge on any atom is -0.481 e. The molecule has 0 bridgehead atoms. The van der Waals surface area contributed by atoms with Gasteiger partial charge in [-0.3, -0.25) is 4.79 Å². The van der Waals surface area contributed by atoms with Gasteiger partial charge >= 0.3 is 0 Å². The van der Waals surface area contributed by atoms with Crippen LogP contribution >= 0.6 is 15.9 Å². The van der Waals surface area contributed by atoms with Crippen LogP contribution in [-0.4, -0.2) is 32.1 Å². The molecule has 0 aliphatic heterocycles. The average molecular weight is 333 g/mol. The summed E-state index contributed by atoms with van der Waals surface area (Å²) in [5.41, 5.74) is 0. The summed E-state index contributed by atoms with van der Waals surface area (Å²) in [7, 11) is 0. The number of halogens is 2. The van der Waals surface area contributed by atoms with E-state index in [2.05, 4.69) is 33.5 Å². The quantitative estimate of drug-likeness (QED) is 0.716. The van der Waals surface area contributed by atoms with Crippen LogP contribution in [0.2, 0.25) is 0 Å². The van der Waals surface area contributed by atoms with Crippen LogP contribution < -0.4 is 15.4 Å². The van der Waals surface area contributed by atoms with Gasteiger partial charge in [0, 0.05) is 17.6 Å². The Kier molecular flexibility index (Phi) is 7.43. The smallest absolute Gasteiger partial charge is 0.257 e. The predicted molar refractivity (Wildman–Crippen MR) is 75.8 cm³/mol. The van der Waals surface area contributed by atoms with Crippen molar-refractivity contribution in [3.8, 4) is 5.75 Å². The molecule has 1 amide bonds. The standard InChI is InChI=1S/C13H18BrFN2O2/c1-2-5-16-6-7-17-13(18)9-19-12-4-3-10(14)8-11(12)15/h3-4,8,16H,2,5-7,9H2,1H3,(H,17,18). The molecule has 1 aromatic carbocycles. The summed E-state index contributed by atoms with van der Waals surface area (Å²) in [5.74, 6) is -0.685. The Balaban J connectivity index is 2.22. The van der Waals surface area contributed by atoms with Gasteiger partial charge in [0.1, 0.15) is 0 Å². The van der Waals surface area contributed by atoms with Crippen molar-refractivity contribution < 1.29 is 13.9 Å². The molecule has 0 aromatic heterocycles. The summed E-state index contributed by atoms with van der Waals surface area (Å²) in [4.78, 5) is 11.4. The molecule has 106 valence electrons. The lowest BCUT2D eigenvalue weighted by molar-refractivity contribution is -0.123. The zero-order chi connectivity index (χ0) is 14.1. The number of carbonyl (C=O) groups excluding carboxylic acids is 1. The van der Waals surface area contributed by atoms with Crippen LogP contribution in [0.1, 0.15) is 13.3 Å². The molecular formula is C13H18BrFN2O2. The second-order valence-corrected chi connectivity index (χ2v) is 4.88. The van der Waals surface area contributed by atoms with Crippen molar-refractivity contribution in [2.24, 2.45) is 0 Å². The highest BCUT2D eigenvalue weighted by Crippen LogP contribution is 2.21. The molecule has 6 heteroatoms. The van der Waals surface area contributed by atoms with Gasteiger partial charge in [-0.15, -0.1) is 0 Å². The lowest BCUT2D eigenvalue weighted by Gasteiger charge is -2.08. The Labute approximate surface area is 120 Å². The number of ether oxygens (including phenoxy) is 1. The van der Waals surface area contributed by atoms with E-state index in [1.807, 2.05) is 0 Å². The van der Waals surface area contributed by atoms with E-state index in [9.17, 15) is 9.18 Å². The summed E-state index contributed by atoms with van der Waals surface area (Å²) >= 11 is 3.15. The highest BCUT2D eigenvalue weighted by Gasteiger charge is 2.06. The monoisotopic (exact) mass is 332 g/mol. The fourth-order valence-corrected chi connectivity index (χ4v) is 1.71. The number of rotatable bonds is 8. The van der Waals surface area contributed by atoms with E-state index in [1.165, 1.54) is 12.1 Å². The van der Waals surface area contributed by atoms with Crippen LogP contribution in [0.5, 0.6) is 5.75 Å². The number of nitrogens with one attached hydrogen (secondary N) is 2. The van der Waals surface area contributed by atoms with E-state index >= 15 is 0 Å². The van der Waals surface area contributed by atoms with Gasteiger partial charge < -0.3 is 15.4 Å². The van der Waals surface area contributed by atoms with Crippen LogP contribution in [0, 0.1) is 5.82 Å². The SMILES string of the molecule is CCCNCCNC(=O)COc1ccc(Br)cc1F. The molecule has 4 nitrogen and oxygen atoms in total. The second-order valence-electron chi connectivity index (χ2n) is 3.96. The normalized spacial score (nSPS) is 10.3. The molecule has 2 N–H and O–H groups in total. The van der Waals surface area contributed by atoms with Crippen molar-refractivity contribution in [2.75, 3.05) is 26.2 Å². The first kappa shape index (κ1) is 15.9. The predicted octanol–water partition coefficient (Wildman–Crippen LogP) is 2.08. The second kappa shape index (κ2) is 8.87. The zero-order valence-corrected chi connectivity index (χ0v) is 12.4. The first-order valence-corrected chi connectivity index (χ1v) is 6.98. The molecular weight excluding hydrogens is 315 g/mol. The van der Waals surface area contributed by atoms with Crippen molar-refractivity contribution in [3.05, 3.63) is 28.5 Å². The molecule has 0 fully saturated rings. The van der Waals surface area contributed by atoms with Gasteiger partial charge in [0.25, 0.3) is 5.91 Å². The van der Waals surface area contributed by atoms with Gasteiger partial charge in [-0.1, -0.05) is 22.9 Å². The summed E-state index contributed by atoms with van der Waals surface area (Å²) < 4.78 is 19.1. The Morgan fingerprint density at radius 2 is 2.16 bits per heavy atom. The van der Waals surface area contributed by atoms with E-state index in [1.54, 1.807) is 6.07 Å². The third-order valence-electron chi connectivity index (χ3n) is 2.30. The Hall–Kier alpha value is -1.14. The molecule has 0 radical (unpaired) electrons. The molecule has 0 aliphatic rings. The van der Waals surface area contributed by atoms with Crippen LogP contribution in [-0.2, 0) is 4.79 Å². The number of amides is 1. The first-order chi connectivity index (χ1) is 9.13. The maximum absolute atomic E-state index is 13.4. The third-order valence-corrected chi connectivity index (χ3v) is 2.80. The van der Waals surface area contributed by atoms with Crippen LogP contribution in [0.15, 0.2) is 22.7 Å². The fourth-order valence-electron chi connectivity index (χ4n) is 1.38. The van der Waals surface area contributed by atoms with Gasteiger partial charge in [0.05, 0.1) is 0 Å². The number of hydrogen-bond donors (Lipinski definition) is 2. The van der Waals surface area contributed by atoms with E-state index < -0.39 is 5.82 Å². The zero-order valence-electron chi connectivity index (χ0n) is 10.8. The van der Waals surface area contributed by atoms with Crippen LogP contribution in [0.3, 0.4) is 0 Å². The number of carbonyl (C=O) groups is 1. The molecule has 0 aliphatic carbocycles. The Bertz CT molecular complexity index is 416. The summed E-state index contributed by atoms with van der Waals surface area (Å²) in [6.07, 6.45) is 1.06. The van der Waals surface area contributed by atoms with Crippen molar-refractivity contribution in [1.82, 2.24) is 10.6 Å². The van der Waals surface area contributed by atoms with E-state index in [0.717, 1.165) is 13.0 Å². The molecule has 0 saturated heterocycles.